The highest BCUT2D eigenvalue weighted by molar-refractivity contribution is 5.85. The predicted molar refractivity (Wildman–Crippen MR) is 65.9 cm³/mol. The second kappa shape index (κ2) is 7.41. The third-order valence-corrected chi connectivity index (χ3v) is 3.15. The average molecular weight is 235 g/mol. The molecule has 2 rings (SSSR count). The van der Waals surface area contributed by atoms with Gasteiger partial charge < -0.3 is 10.6 Å². The van der Waals surface area contributed by atoms with E-state index in [1.54, 1.807) is 0 Å². The van der Waals surface area contributed by atoms with Crippen molar-refractivity contribution in [2.24, 2.45) is 0 Å². The monoisotopic (exact) mass is 234 g/mol. The van der Waals surface area contributed by atoms with E-state index in [9.17, 15) is 0 Å². The summed E-state index contributed by atoms with van der Waals surface area (Å²) in [6.45, 7) is 12.1. The summed E-state index contributed by atoms with van der Waals surface area (Å²) in [5, 5.41) is 6.77. The summed E-state index contributed by atoms with van der Waals surface area (Å²) in [6, 6.07) is 0. The van der Waals surface area contributed by atoms with Crippen LogP contribution in [-0.2, 0) is 0 Å². The Morgan fingerprint density at radius 2 is 1.00 bits per heavy atom. The first kappa shape index (κ1) is 13.2. The van der Waals surface area contributed by atoms with Gasteiger partial charge in [-0.15, -0.1) is 12.4 Å². The quantitative estimate of drug-likeness (QED) is 0.671. The maximum atomic E-state index is 3.39. The van der Waals surface area contributed by atoms with Crippen LogP contribution in [0.4, 0.5) is 0 Å². The molecular formula is C10H23ClN4. The van der Waals surface area contributed by atoms with Gasteiger partial charge in [-0.05, 0) is 0 Å². The minimum atomic E-state index is 0. The molecule has 2 saturated heterocycles. The maximum absolute atomic E-state index is 3.39. The first-order chi connectivity index (χ1) is 6.95. The minimum absolute atomic E-state index is 0. The number of rotatable bonds is 3. The smallest absolute Gasteiger partial charge is 0.0110 e. The van der Waals surface area contributed by atoms with E-state index < -0.39 is 0 Å². The lowest BCUT2D eigenvalue weighted by atomic mass is 10.3. The summed E-state index contributed by atoms with van der Waals surface area (Å²) >= 11 is 0. The number of halogens is 1. The number of nitrogens with one attached hydrogen (secondary N) is 2. The van der Waals surface area contributed by atoms with Gasteiger partial charge in [-0.25, -0.2) is 0 Å². The van der Waals surface area contributed by atoms with Crippen LogP contribution < -0.4 is 10.6 Å². The summed E-state index contributed by atoms with van der Waals surface area (Å²) in [4.78, 5) is 5.14. The fraction of sp³-hybridized carbons (Fsp3) is 1.00. The Labute approximate surface area is 98.8 Å². The minimum Gasteiger partial charge on any atom is -0.314 e. The molecule has 0 aromatic heterocycles. The molecule has 15 heavy (non-hydrogen) atoms. The first-order valence-corrected chi connectivity index (χ1v) is 5.81. The van der Waals surface area contributed by atoms with E-state index in [-0.39, 0.29) is 12.4 Å². The van der Waals surface area contributed by atoms with E-state index in [1.807, 2.05) is 0 Å². The van der Waals surface area contributed by atoms with Gasteiger partial charge in [0, 0.05) is 65.4 Å². The van der Waals surface area contributed by atoms with E-state index in [0.717, 1.165) is 0 Å². The number of hydrogen-bond acceptors (Lipinski definition) is 4. The highest BCUT2D eigenvalue weighted by Crippen LogP contribution is 1.96. The summed E-state index contributed by atoms with van der Waals surface area (Å²) < 4.78 is 0. The van der Waals surface area contributed by atoms with Crippen molar-refractivity contribution < 1.29 is 0 Å². The Morgan fingerprint density at radius 3 is 1.33 bits per heavy atom. The lowest BCUT2D eigenvalue weighted by Crippen LogP contribution is -2.49. The lowest BCUT2D eigenvalue weighted by molar-refractivity contribution is 0.177. The molecule has 0 unspecified atom stereocenters. The molecule has 2 fully saturated rings. The molecule has 0 saturated carbocycles. The molecule has 0 aromatic carbocycles. The standard InChI is InChI=1S/C10H22N4.ClH/c1-5-13(6-2-11-1)9-10-14-7-3-12-4-8-14;/h11-12H,1-10H2;1H. The molecule has 2 heterocycles. The molecule has 0 bridgehead atoms. The largest absolute Gasteiger partial charge is 0.314 e. The Hall–Kier alpha value is 0.130. The van der Waals surface area contributed by atoms with Crippen LogP contribution in [0.1, 0.15) is 0 Å². The average Bonchev–Trinajstić information content (AvgIpc) is 2.29. The Kier molecular flexibility index (Phi) is 6.52. The summed E-state index contributed by atoms with van der Waals surface area (Å²) in [5.41, 5.74) is 0. The molecule has 4 nitrogen and oxygen atoms in total. The van der Waals surface area contributed by atoms with Crippen molar-refractivity contribution in [3.05, 3.63) is 0 Å². The van der Waals surface area contributed by atoms with Gasteiger partial charge in [-0.1, -0.05) is 0 Å². The van der Waals surface area contributed by atoms with Crippen LogP contribution in [0.3, 0.4) is 0 Å². The molecule has 2 N–H and O–H groups in total. The Balaban J connectivity index is 0.00000112. The van der Waals surface area contributed by atoms with E-state index in [1.165, 1.54) is 65.4 Å². The van der Waals surface area contributed by atoms with Crippen LogP contribution in [0.15, 0.2) is 0 Å². The van der Waals surface area contributed by atoms with Crippen molar-refractivity contribution in [2.75, 3.05) is 65.4 Å². The zero-order chi connectivity index (χ0) is 9.64. The first-order valence-electron chi connectivity index (χ1n) is 5.81. The SMILES string of the molecule is C1CN(CCN2CCNCC2)CCN1.Cl. The third kappa shape index (κ3) is 4.66. The molecule has 2 aliphatic heterocycles. The Bertz CT molecular complexity index is 138. The van der Waals surface area contributed by atoms with Crippen molar-refractivity contribution in [1.82, 2.24) is 20.4 Å². The number of hydrogen-bond donors (Lipinski definition) is 2. The molecule has 0 spiro atoms. The van der Waals surface area contributed by atoms with Gasteiger partial charge in [0.1, 0.15) is 0 Å². The second-order valence-corrected chi connectivity index (χ2v) is 4.18. The second-order valence-electron chi connectivity index (χ2n) is 4.18. The van der Waals surface area contributed by atoms with Gasteiger partial charge in [0.05, 0.1) is 0 Å². The molecule has 0 aliphatic carbocycles. The highest BCUT2D eigenvalue weighted by Gasteiger charge is 2.13. The van der Waals surface area contributed by atoms with Crippen LogP contribution in [0, 0.1) is 0 Å². The fourth-order valence-electron chi connectivity index (χ4n) is 2.15. The van der Waals surface area contributed by atoms with Crippen LogP contribution in [-0.4, -0.2) is 75.2 Å². The number of piperazine rings is 2. The predicted octanol–water partition coefficient (Wildman–Crippen LogP) is -0.781. The van der Waals surface area contributed by atoms with Crippen LogP contribution in [0.5, 0.6) is 0 Å². The lowest BCUT2D eigenvalue weighted by Gasteiger charge is -2.32. The van der Waals surface area contributed by atoms with Crippen LogP contribution >= 0.6 is 12.4 Å². The van der Waals surface area contributed by atoms with Gasteiger partial charge in [-0.3, -0.25) is 9.80 Å². The zero-order valence-electron chi connectivity index (χ0n) is 9.37. The van der Waals surface area contributed by atoms with Crippen molar-refractivity contribution >= 4 is 12.4 Å². The summed E-state index contributed by atoms with van der Waals surface area (Å²) in [5.74, 6) is 0. The van der Waals surface area contributed by atoms with Gasteiger partial charge >= 0.3 is 0 Å². The van der Waals surface area contributed by atoms with E-state index in [2.05, 4.69) is 20.4 Å². The topological polar surface area (TPSA) is 30.5 Å². The highest BCUT2D eigenvalue weighted by atomic mass is 35.5. The van der Waals surface area contributed by atoms with Gasteiger partial charge in [0.2, 0.25) is 0 Å². The van der Waals surface area contributed by atoms with Gasteiger partial charge in [-0.2, -0.15) is 0 Å². The zero-order valence-corrected chi connectivity index (χ0v) is 10.2. The molecule has 0 radical (unpaired) electrons. The number of nitrogens with zero attached hydrogens (tertiary/aromatic N) is 2. The maximum Gasteiger partial charge on any atom is 0.0110 e. The van der Waals surface area contributed by atoms with Crippen molar-refractivity contribution in [3.63, 3.8) is 0 Å². The molecule has 0 aromatic rings. The van der Waals surface area contributed by atoms with E-state index in [0.29, 0.717) is 0 Å². The van der Waals surface area contributed by atoms with Crippen molar-refractivity contribution in [3.8, 4) is 0 Å². The van der Waals surface area contributed by atoms with Crippen molar-refractivity contribution in [1.29, 1.82) is 0 Å². The molecule has 0 atom stereocenters. The molecular weight excluding hydrogens is 212 g/mol. The van der Waals surface area contributed by atoms with E-state index >= 15 is 0 Å². The third-order valence-electron chi connectivity index (χ3n) is 3.15. The molecule has 5 heteroatoms. The summed E-state index contributed by atoms with van der Waals surface area (Å²) in [7, 11) is 0. The summed E-state index contributed by atoms with van der Waals surface area (Å²) in [6.07, 6.45) is 0. The van der Waals surface area contributed by atoms with Crippen molar-refractivity contribution in [2.45, 2.75) is 0 Å². The normalized spacial score (nSPS) is 24.8. The molecule has 90 valence electrons. The molecule has 2 aliphatic rings. The van der Waals surface area contributed by atoms with Crippen LogP contribution in [0.2, 0.25) is 0 Å². The van der Waals surface area contributed by atoms with Crippen LogP contribution in [0.25, 0.3) is 0 Å². The van der Waals surface area contributed by atoms with Gasteiger partial charge in [0.15, 0.2) is 0 Å². The van der Waals surface area contributed by atoms with Gasteiger partial charge in [0.25, 0.3) is 0 Å². The Morgan fingerprint density at radius 1 is 0.667 bits per heavy atom. The van der Waals surface area contributed by atoms with E-state index in [4.69, 9.17) is 0 Å². The fourth-order valence-corrected chi connectivity index (χ4v) is 2.15. The molecule has 0 amide bonds.